The second kappa shape index (κ2) is 16.6. The molecule has 0 saturated carbocycles. The van der Waals surface area contributed by atoms with Crippen LogP contribution in [0, 0.1) is 11.3 Å². The van der Waals surface area contributed by atoms with Gasteiger partial charge in [-0.3, -0.25) is 4.98 Å². The van der Waals surface area contributed by atoms with Crippen LogP contribution in [0.2, 0.25) is 51.4 Å². The van der Waals surface area contributed by atoms with Crippen molar-refractivity contribution in [1.29, 1.82) is 5.26 Å². The first-order valence-electron chi connectivity index (χ1n) is 19.8. The lowest BCUT2D eigenvalue weighted by atomic mass is 9.86. The molecule has 3 aromatic heterocycles. The quantitative estimate of drug-likeness (QED) is 0.0701. The van der Waals surface area contributed by atoms with Crippen LogP contribution in [-0.4, -0.2) is 91.1 Å². The summed E-state index contributed by atoms with van der Waals surface area (Å²) in [4.78, 5) is 27.5. The van der Waals surface area contributed by atoms with Crippen molar-refractivity contribution in [3.8, 4) is 28.5 Å². The summed E-state index contributed by atoms with van der Waals surface area (Å²) in [5, 5.41) is 16.0. The molecule has 1 amide bonds. The molecule has 2 bridgehead atoms. The predicted octanol–water partition coefficient (Wildman–Crippen LogP) is 9.41. The van der Waals surface area contributed by atoms with Gasteiger partial charge in [-0.2, -0.15) is 14.9 Å². The number of aromatic nitrogens is 4. The Morgan fingerprint density at radius 1 is 0.891 bits per heavy atom. The van der Waals surface area contributed by atoms with E-state index in [1.54, 1.807) is 4.52 Å². The van der Waals surface area contributed by atoms with Gasteiger partial charge < -0.3 is 24.0 Å². The fourth-order valence-electron chi connectivity index (χ4n) is 7.51. The minimum Gasteiger partial charge on any atom is -0.444 e. The molecule has 294 valence electrons. The maximum atomic E-state index is 13.4. The number of rotatable bonds is 14. The Balaban J connectivity index is 1.43. The van der Waals surface area contributed by atoms with Crippen LogP contribution in [-0.2, 0) is 14.2 Å². The molecule has 55 heavy (non-hydrogen) atoms. The molecule has 0 spiro atoms. The number of benzene rings is 1. The molecular formula is C42H59N7O4Si2. The summed E-state index contributed by atoms with van der Waals surface area (Å²) in [6.45, 7) is 21.5. The summed E-state index contributed by atoms with van der Waals surface area (Å²) in [6, 6.07) is 18.8. The Bertz CT molecular complexity index is 1940. The molecule has 1 aromatic carbocycles. The predicted molar refractivity (Wildman–Crippen MR) is 224 cm³/mol. The first kappa shape index (κ1) is 40.6. The van der Waals surface area contributed by atoms with Gasteiger partial charge in [0.25, 0.3) is 0 Å². The Kier molecular flexibility index (Phi) is 12.2. The van der Waals surface area contributed by atoms with Gasteiger partial charge >= 0.3 is 6.09 Å². The van der Waals surface area contributed by atoms with Crippen LogP contribution in [0.4, 0.5) is 10.6 Å². The summed E-state index contributed by atoms with van der Waals surface area (Å²) in [5.41, 5.74) is 4.91. The van der Waals surface area contributed by atoms with Crippen molar-refractivity contribution in [1.82, 2.24) is 24.5 Å². The van der Waals surface area contributed by atoms with Crippen LogP contribution in [0.3, 0.4) is 0 Å². The highest BCUT2D eigenvalue weighted by atomic mass is 28.3. The van der Waals surface area contributed by atoms with Crippen molar-refractivity contribution in [2.24, 2.45) is 0 Å². The topological polar surface area (TPSA) is 118 Å². The zero-order valence-electron chi connectivity index (χ0n) is 34.3. The molecule has 11 nitrogen and oxygen atoms in total. The molecule has 4 aromatic rings. The lowest BCUT2D eigenvalue weighted by Gasteiger charge is -2.39. The summed E-state index contributed by atoms with van der Waals surface area (Å²) in [7, 11) is -2.68. The van der Waals surface area contributed by atoms with Crippen molar-refractivity contribution >= 4 is 33.7 Å². The number of nitriles is 1. The van der Waals surface area contributed by atoms with E-state index in [0.717, 1.165) is 53.0 Å². The number of anilines is 1. The van der Waals surface area contributed by atoms with Crippen LogP contribution >= 0.6 is 0 Å². The Labute approximate surface area is 329 Å². The fourth-order valence-corrected chi connectivity index (χ4v) is 9.02. The summed E-state index contributed by atoms with van der Waals surface area (Å²) in [6.07, 6.45) is 6.63. The SMILES string of the molecule is CC(C)(C)OC(=O)N1C2CCC1CC(c1nc3c(-c4ccc(-c5ccccc5)nc4)cnn3c(N(COCC[Si](C)(C)C)COCC[Si](C)(C)C)c1C#N)C2. The lowest BCUT2D eigenvalue weighted by molar-refractivity contribution is 0.00568. The number of hydrogen-bond donors (Lipinski definition) is 0. The number of piperidine rings is 1. The van der Waals surface area contributed by atoms with Gasteiger partial charge in [0, 0.05) is 70.3 Å². The van der Waals surface area contributed by atoms with Crippen LogP contribution in [0.1, 0.15) is 63.6 Å². The molecule has 0 N–H and O–H groups in total. The molecule has 2 atom stereocenters. The third kappa shape index (κ3) is 10.0. The lowest BCUT2D eigenvalue weighted by Crippen LogP contribution is -2.48. The molecule has 2 aliphatic rings. The minimum absolute atomic E-state index is 0.0108. The first-order chi connectivity index (χ1) is 26.0. The highest BCUT2D eigenvalue weighted by Crippen LogP contribution is 2.45. The van der Waals surface area contributed by atoms with E-state index in [0.29, 0.717) is 43.1 Å². The van der Waals surface area contributed by atoms with E-state index in [1.165, 1.54) is 0 Å². The minimum atomic E-state index is -1.34. The van der Waals surface area contributed by atoms with E-state index in [-0.39, 0.29) is 37.6 Å². The third-order valence-electron chi connectivity index (χ3n) is 10.4. The van der Waals surface area contributed by atoms with Gasteiger partial charge in [0.15, 0.2) is 11.5 Å². The largest absolute Gasteiger partial charge is 0.444 e. The van der Waals surface area contributed by atoms with Crippen molar-refractivity contribution in [2.75, 3.05) is 31.6 Å². The average Bonchev–Trinajstić information content (AvgIpc) is 3.66. The number of fused-ring (bicyclic) bond motifs is 3. The molecule has 0 radical (unpaired) electrons. The van der Waals surface area contributed by atoms with Crippen molar-refractivity contribution < 1.29 is 19.0 Å². The molecule has 13 heteroatoms. The van der Waals surface area contributed by atoms with E-state index in [2.05, 4.69) is 51.4 Å². The van der Waals surface area contributed by atoms with Crippen LogP contribution in [0.15, 0.2) is 54.9 Å². The van der Waals surface area contributed by atoms with Gasteiger partial charge in [-0.1, -0.05) is 75.7 Å². The van der Waals surface area contributed by atoms with Gasteiger partial charge in [-0.15, -0.1) is 0 Å². The van der Waals surface area contributed by atoms with E-state index < -0.39 is 21.7 Å². The smallest absolute Gasteiger partial charge is 0.410 e. The van der Waals surface area contributed by atoms with Crippen molar-refractivity contribution in [2.45, 2.75) is 121 Å². The van der Waals surface area contributed by atoms with E-state index >= 15 is 0 Å². The first-order valence-corrected chi connectivity index (χ1v) is 27.2. The van der Waals surface area contributed by atoms with Gasteiger partial charge in [-0.05, 0) is 64.6 Å². The number of pyridine rings is 1. The Morgan fingerprint density at radius 3 is 2.04 bits per heavy atom. The second-order valence-electron chi connectivity index (χ2n) is 18.6. The molecule has 0 aliphatic carbocycles. The standard InChI is InChI=1S/C42H59N7O4Si2/c1-42(2,3)53-41(50)48-33-16-17-34(48)24-32(23-33)38-35(25-43)40(47(28-51-19-21-54(4,5)6)29-52-20-22-55(7,8)9)49-39(46-38)36(27-45-49)31-15-18-37(44-26-31)30-13-11-10-12-14-30/h10-15,18,26-27,32-34H,16-17,19-24,28-29H2,1-9H3. The highest BCUT2D eigenvalue weighted by Gasteiger charge is 2.46. The van der Waals surface area contributed by atoms with Crippen molar-refractivity contribution in [3.63, 3.8) is 0 Å². The third-order valence-corrected chi connectivity index (χ3v) is 13.8. The molecule has 6 rings (SSSR count). The van der Waals surface area contributed by atoms with E-state index in [1.807, 2.05) is 79.4 Å². The monoisotopic (exact) mass is 781 g/mol. The Hall–Kier alpha value is -4.10. The van der Waals surface area contributed by atoms with E-state index in [4.69, 9.17) is 29.3 Å². The summed E-state index contributed by atoms with van der Waals surface area (Å²) >= 11 is 0. The average molecular weight is 782 g/mol. The zero-order chi connectivity index (χ0) is 39.5. The number of nitrogens with zero attached hydrogens (tertiary/aromatic N) is 7. The maximum Gasteiger partial charge on any atom is 0.410 e. The van der Waals surface area contributed by atoms with Crippen molar-refractivity contribution in [3.05, 3.63) is 66.1 Å². The molecule has 2 aliphatic heterocycles. The Morgan fingerprint density at radius 2 is 1.51 bits per heavy atom. The molecule has 2 unspecified atom stereocenters. The summed E-state index contributed by atoms with van der Waals surface area (Å²) in [5.74, 6) is 0.573. The molecule has 2 saturated heterocycles. The maximum absolute atomic E-state index is 13.4. The van der Waals surface area contributed by atoms with Gasteiger partial charge in [-0.25, -0.2) is 9.78 Å². The van der Waals surface area contributed by atoms with Gasteiger partial charge in [0.05, 0.1) is 17.6 Å². The number of ether oxygens (including phenoxy) is 3. The molecule has 5 heterocycles. The molecule has 2 fully saturated rings. The van der Waals surface area contributed by atoms with Crippen LogP contribution < -0.4 is 4.90 Å². The number of amides is 1. The molecular weight excluding hydrogens is 723 g/mol. The van der Waals surface area contributed by atoms with Gasteiger partial charge in [0.1, 0.15) is 30.7 Å². The fraction of sp³-hybridized carbons (Fsp3) is 0.548. The van der Waals surface area contributed by atoms with E-state index in [9.17, 15) is 10.1 Å². The normalized spacial score (nSPS) is 18.8. The van der Waals surface area contributed by atoms with Crippen LogP contribution in [0.5, 0.6) is 0 Å². The summed E-state index contributed by atoms with van der Waals surface area (Å²) < 4.78 is 20.4. The number of hydrogen-bond acceptors (Lipinski definition) is 9. The van der Waals surface area contributed by atoms with Crippen LogP contribution in [0.25, 0.3) is 28.0 Å². The highest BCUT2D eigenvalue weighted by molar-refractivity contribution is 6.76. The second-order valence-corrected chi connectivity index (χ2v) is 29.8. The van der Waals surface area contributed by atoms with Gasteiger partial charge in [0.2, 0.25) is 0 Å². The zero-order valence-corrected chi connectivity index (χ0v) is 36.3. The number of carbonyl (C=O) groups is 1. The number of carbonyl (C=O) groups excluding carboxylic acids is 1.